The van der Waals surface area contributed by atoms with E-state index >= 15 is 0 Å². The van der Waals surface area contributed by atoms with Crippen molar-refractivity contribution in [2.24, 2.45) is 7.05 Å². The Morgan fingerprint density at radius 2 is 2.00 bits per heavy atom. The SMILES string of the molecule is CC(C)c1nn(C)cc1CNCc1cccc(C(=O)N2CCCC2)c1. The van der Waals surface area contributed by atoms with E-state index in [0.717, 1.165) is 55.8 Å². The summed E-state index contributed by atoms with van der Waals surface area (Å²) in [5, 5.41) is 8.03. The highest BCUT2D eigenvalue weighted by molar-refractivity contribution is 5.94. The minimum Gasteiger partial charge on any atom is -0.339 e. The van der Waals surface area contributed by atoms with E-state index in [1.165, 1.54) is 5.56 Å². The molecule has 0 aliphatic carbocycles. The maximum absolute atomic E-state index is 12.5. The van der Waals surface area contributed by atoms with E-state index in [9.17, 15) is 4.79 Å². The molecule has 0 spiro atoms. The molecule has 0 atom stereocenters. The van der Waals surface area contributed by atoms with Gasteiger partial charge in [0.15, 0.2) is 0 Å². The van der Waals surface area contributed by atoms with Crippen LogP contribution in [0.4, 0.5) is 0 Å². The number of benzene rings is 1. The third kappa shape index (κ3) is 4.28. The lowest BCUT2D eigenvalue weighted by Crippen LogP contribution is -2.27. The molecule has 0 bridgehead atoms. The molecule has 1 aliphatic heterocycles. The first-order valence-corrected chi connectivity index (χ1v) is 9.16. The van der Waals surface area contributed by atoms with Crippen LogP contribution >= 0.6 is 0 Å². The van der Waals surface area contributed by atoms with E-state index in [-0.39, 0.29) is 5.91 Å². The Morgan fingerprint density at radius 3 is 2.72 bits per heavy atom. The van der Waals surface area contributed by atoms with Crippen molar-refractivity contribution in [1.29, 1.82) is 0 Å². The van der Waals surface area contributed by atoms with Gasteiger partial charge in [-0.1, -0.05) is 26.0 Å². The molecule has 134 valence electrons. The van der Waals surface area contributed by atoms with Crippen molar-refractivity contribution in [2.75, 3.05) is 13.1 Å². The second-order valence-corrected chi connectivity index (χ2v) is 7.17. The molecule has 1 fully saturated rings. The predicted octanol–water partition coefficient (Wildman–Crippen LogP) is 3.07. The minimum absolute atomic E-state index is 0.161. The van der Waals surface area contributed by atoms with Gasteiger partial charge < -0.3 is 10.2 Å². The van der Waals surface area contributed by atoms with Gasteiger partial charge in [0, 0.05) is 50.6 Å². The fraction of sp³-hybridized carbons (Fsp3) is 0.500. The van der Waals surface area contributed by atoms with Crippen LogP contribution < -0.4 is 5.32 Å². The summed E-state index contributed by atoms with van der Waals surface area (Å²) in [6, 6.07) is 7.98. The van der Waals surface area contributed by atoms with E-state index in [1.807, 2.05) is 34.8 Å². The molecule has 25 heavy (non-hydrogen) atoms. The van der Waals surface area contributed by atoms with E-state index in [0.29, 0.717) is 5.92 Å². The van der Waals surface area contributed by atoms with E-state index in [2.05, 4.69) is 36.5 Å². The number of amides is 1. The molecular formula is C20H28N4O. The van der Waals surface area contributed by atoms with Gasteiger partial charge in [-0.25, -0.2) is 0 Å². The van der Waals surface area contributed by atoms with E-state index in [4.69, 9.17) is 0 Å². The first kappa shape index (κ1) is 17.7. The Kier molecular flexibility index (Phi) is 5.53. The standard InChI is InChI=1S/C20H28N4O/c1-15(2)19-18(14-23(3)22-19)13-21-12-16-7-6-8-17(11-16)20(25)24-9-4-5-10-24/h6-8,11,14-15,21H,4-5,9-10,12-13H2,1-3H3. The van der Waals surface area contributed by atoms with Gasteiger partial charge in [0.1, 0.15) is 0 Å². The maximum atomic E-state index is 12.5. The molecule has 0 radical (unpaired) electrons. The number of aromatic nitrogens is 2. The molecule has 0 saturated carbocycles. The molecule has 1 saturated heterocycles. The Labute approximate surface area is 150 Å². The summed E-state index contributed by atoms with van der Waals surface area (Å²) in [5.41, 5.74) is 4.32. The summed E-state index contributed by atoms with van der Waals surface area (Å²) in [6.07, 6.45) is 4.32. The van der Waals surface area contributed by atoms with Crippen LogP contribution in [-0.4, -0.2) is 33.7 Å². The number of nitrogens with one attached hydrogen (secondary N) is 1. The zero-order chi connectivity index (χ0) is 17.8. The number of hydrogen-bond donors (Lipinski definition) is 1. The largest absolute Gasteiger partial charge is 0.339 e. The lowest BCUT2D eigenvalue weighted by atomic mass is 10.1. The van der Waals surface area contributed by atoms with Crippen molar-refractivity contribution in [2.45, 2.75) is 45.7 Å². The van der Waals surface area contributed by atoms with Gasteiger partial charge in [-0.3, -0.25) is 9.48 Å². The van der Waals surface area contributed by atoms with E-state index in [1.54, 1.807) is 0 Å². The first-order valence-electron chi connectivity index (χ1n) is 9.16. The molecule has 1 aromatic heterocycles. The monoisotopic (exact) mass is 340 g/mol. The highest BCUT2D eigenvalue weighted by Gasteiger charge is 2.19. The highest BCUT2D eigenvalue weighted by atomic mass is 16.2. The number of carbonyl (C=O) groups excluding carboxylic acids is 1. The van der Waals surface area contributed by atoms with Gasteiger partial charge in [-0.05, 0) is 36.5 Å². The minimum atomic E-state index is 0.161. The van der Waals surface area contributed by atoms with Crippen molar-refractivity contribution < 1.29 is 4.79 Å². The zero-order valence-corrected chi connectivity index (χ0v) is 15.5. The molecule has 2 heterocycles. The molecule has 3 rings (SSSR count). The summed E-state index contributed by atoms with van der Waals surface area (Å²) in [4.78, 5) is 14.5. The number of likely N-dealkylation sites (tertiary alicyclic amines) is 1. The molecular weight excluding hydrogens is 312 g/mol. The Hall–Kier alpha value is -2.14. The lowest BCUT2D eigenvalue weighted by Gasteiger charge is -2.15. The van der Waals surface area contributed by atoms with Crippen molar-refractivity contribution >= 4 is 5.91 Å². The average Bonchev–Trinajstić information content (AvgIpc) is 3.24. The van der Waals surface area contributed by atoms with Crippen LogP contribution in [0, 0.1) is 0 Å². The van der Waals surface area contributed by atoms with Crippen LogP contribution in [0.15, 0.2) is 30.5 Å². The molecule has 5 heteroatoms. The number of hydrogen-bond acceptors (Lipinski definition) is 3. The summed E-state index contributed by atoms with van der Waals surface area (Å²) in [7, 11) is 1.96. The molecule has 1 amide bonds. The van der Waals surface area contributed by atoms with Crippen LogP contribution in [0.25, 0.3) is 0 Å². The summed E-state index contributed by atoms with van der Waals surface area (Å²) < 4.78 is 1.88. The van der Waals surface area contributed by atoms with Crippen LogP contribution in [0.1, 0.15) is 59.8 Å². The molecule has 1 aliphatic rings. The third-order valence-corrected chi connectivity index (χ3v) is 4.70. The number of carbonyl (C=O) groups is 1. The van der Waals surface area contributed by atoms with Gasteiger partial charge in [-0.15, -0.1) is 0 Å². The smallest absolute Gasteiger partial charge is 0.253 e. The molecule has 5 nitrogen and oxygen atoms in total. The third-order valence-electron chi connectivity index (χ3n) is 4.70. The van der Waals surface area contributed by atoms with Gasteiger partial charge >= 0.3 is 0 Å². The van der Waals surface area contributed by atoms with Crippen molar-refractivity contribution in [1.82, 2.24) is 20.0 Å². The number of nitrogens with zero attached hydrogens (tertiary/aromatic N) is 3. The Morgan fingerprint density at radius 1 is 1.24 bits per heavy atom. The van der Waals surface area contributed by atoms with Gasteiger partial charge in [0.05, 0.1) is 5.69 Å². The fourth-order valence-electron chi connectivity index (χ4n) is 3.44. The molecule has 1 N–H and O–H groups in total. The topological polar surface area (TPSA) is 50.2 Å². The Balaban J connectivity index is 1.60. The summed E-state index contributed by atoms with van der Waals surface area (Å²) >= 11 is 0. The van der Waals surface area contributed by atoms with Crippen molar-refractivity contribution in [3.8, 4) is 0 Å². The average molecular weight is 340 g/mol. The lowest BCUT2D eigenvalue weighted by molar-refractivity contribution is 0.0792. The Bertz CT molecular complexity index is 729. The first-order chi connectivity index (χ1) is 12.0. The normalized spacial score (nSPS) is 14.5. The fourth-order valence-corrected chi connectivity index (χ4v) is 3.44. The van der Waals surface area contributed by atoms with Crippen LogP contribution in [0.2, 0.25) is 0 Å². The molecule has 2 aromatic rings. The molecule has 0 unspecified atom stereocenters. The van der Waals surface area contributed by atoms with E-state index < -0.39 is 0 Å². The quantitative estimate of drug-likeness (QED) is 0.879. The molecule has 1 aromatic carbocycles. The zero-order valence-electron chi connectivity index (χ0n) is 15.5. The maximum Gasteiger partial charge on any atom is 0.253 e. The van der Waals surface area contributed by atoms with Gasteiger partial charge in [0.25, 0.3) is 5.91 Å². The van der Waals surface area contributed by atoms with Crippen LogP contribution in [-0.2, 0) is 20.1 Å². The van der Waals surface area contributed by atoms with Crippen LogP contribution in [0.5, 0.6) is 0 Å². The highest BCUT2D eigenvalue weighted by Crippen LogP contribution is 2.17. The predicted molar refractivity (Wildman–Crippen MR) is 99.4 cm³/mol. The number of aryl methyl sites for hydroxylation is 1. The van der Waals surface area contributed by atoms with Gasteiger partial charge in [-0.2, -0.15) is 5.10 Å². The summed E-state index contributed by atoms with van der Waals surface area (Å²) in [6.45, 7) is 7.64. The van der Waals surface area contributed by atoms with Crippen LogP contribution in [0.3, 0.4) is 0 Å². The summed E-state index contributed by atoms with van der Waals surface area (Å²) in [5.74, 6) is 0.577. The second-order valence-electron chi connectivity index (χ2n) is 7.17. The number of rotatable bonds is 6. The van der Waals surface area contributed by atoms with Gasteiger partial charge in [0.2, 0.25) is 0 Å². The second kappa shape index (κ2) is 7.83. The van der Waals surface area contributed by atoms with Crippen molar-refractivity contribution in [3.63, 3.8) is 0 Å². The van der Waals surface area contributed by atoms with Crippen molar-refractivity contribution in [3.05, 3.63) is 52.8 Å².